The number of nitrogens with zero attached hydrogens (tertiary/aromatic N) is 3. The van der Waals surface area contributed by atoms with Crippen molar-refractivity contribution < 1.29 is 22.4 Å². The molecule has 2 heterocycles. The van der Waals surface area contributed by atoms with Gasteiger partial charge in [-0.15, -0.1) is 11.3 Å². The van der Waals surface area contributed by atoms with Crippen molar-refractivity contribution in [3.05, 3.63) is 58.9 Å². The maximum absolute atomic E-state index is 13.4. The zero-order valence-electron chi connectivity index (χ0n) is 17.3. The van der Waals surface area contributed by atoms with E-state index in [4.69, 9.17) is 25.6 Å². The van der Waals surface area contributed by atoms with E-state index in [1.54, 1.807) is 47.8 Å². The number of rotatable bonds is 7. The fourth-order valence-electron chi connectivity index (χ4n) is 3.00. The molecule has 4 aromatic rings. The molecule has 0 unspecified atom stereocenters. The van der Waals surface area contributed by atoms with E-state index in [2.05, 4.69) is 10.1 Å². The number of thiophene rings is 1. The largest absolute Gasteiger partial charge is 0.493 e. The first-order chi connectivity index (χ1) is 15.3. The van der Waals surface area contributed by atoms with Crippen molar-refractivity contribution in [1.29, 1.82) is 0 Å². The summed E-state index contributed by atoms with van der Waals surface area (Å²) in [5.41, 5.74) is 1.11. The van der Waals surface area contributed by atoms with E-state index >= 15 is 0 Å². The van der Waals surface area contributed by atoms with Crippen molar-refractivity contribution in [2.45, 2.75) is 4.90 Å². The molecule has 166 valence electrons. The summed E-state index contributed by atoms with van der Waals surface area (Å²) in [6.07, 6.45) is 0. The summed E-state index contributed by atoms with van der Waals surface area (Å²) in [6, 6.07) is 13.3. The van der Waals surface area contributed by atoms with Crippen LogP contribution in [-0.2, 0) is 10.0 Å². The van der Waals surface area contributed by atoms with Crippen LogP contribution in [0, 0.1) is 0 Å². The summed E-state index contributed by atoms with van der Waals surface area (Å²) in [6.45, 7) is 0. The smallest absolute Gasteiger partial charge is 0.269 e. The van der Waals surface area contributed by atoms with E-state index in [9.17, 15) is 8.42 Å². The number of hydrogen-bond acceptors (Lipinski definition) is 8. The number of hydrogen-bond donors (Lipinski definition) is 0. The molecule has 11 heteroatoms. The number of sulfonamides is 1. The zero-order chi connectivity index (χ0) is 22.9. The third kappa shape index (κ3) is 4.04. The minimum absolute atomic E-state index is 0.0612. The van der Waals surface area contributed by atoms with Crippen LogP contribution in [-0.4, -0.2) is 39.8 Å². The average molecular weight is 492 g/mol. The molecule has 0 aliphatic carbocycles. The highest BCUT2D eigenvalue weighted by Crippen LogP contribution is 2.37. The van der Waals surface area contributed by atoms with Crippen LogP contribution < -0.4 is 13.8 Å². The van der Waals surface area contributed by atoms with Crippen LogP contribution in [0.25, 0.3) is 22.2 Å². The van der Waals surface area contributed by atoms with Crippen LogP contribution in [0.4, 0.5) is 5.69 Å². The van der Waals surface area contributed by atoms with Gasteiger partial charge in [0, 0.05) is 23.7 Å². The maximum atomic E-state index is 13.4. The Bertz CT molecular complexity index is 1350. The summed E-state index contributed by atoms with van der Waals surface area (Å²) in [7, 11) is 0.532. The molecule has 2 aromatic heterocycles. The second-order valence-electron chi connectivity index (χ2n) is 6.56. The Kier molecular flexibility index (Phi) is 6.09. The Labute approximate surface area is 194 Å². The lowest BCUT2D eigenvalue weighted by Crippen LogP contribution is -2.26. The fourth-order valence-corrected chi connectivity index (χ4v) is 5.62. The molecule has 0 saturated heterocycles. The van der Waals surface area contributed by atoms with Gasteiger partial charge < -0.3 is 14.0 Å². The first kappa shape index (κ1) is 22.1. The van der Waals surface area contributed by atoms with Crippen LogP contribution in [0.5, 0.6) is 11.5 Å². The number of anilines is 1. The first-order valence-corrected chi connectivity index (χ1v) is 11.9. The molecule has 0 aliphatic rings. The molecule has 4 rings (SSSR count). The van der Waals surface area contributed by atoms with E-state index < -0.39 is 10.0 Å². The van der Waals surface area contributed by atoms with Gasteiger partial charge in [0.2, 0.25) is 5.82 Å². The molecule has 0 atom stereocenters. The summed E-state index contributed by atoms with van der Waals surface area (Å²) in [5.74, 6) is 1.37. The van der Waals surface area contributed by atoms with Crippen molar-refractivity contribution in [2.75, 3.05) is 25.6 Å². The molecule has 0 amide bonds. The molecule has 0 N–H and O–H groups in total. The fraction of sp³-hybridized carbons (Fsp3) is 0.143. The SMILES string of the molecule is COc1ccc(N(C)S(=O)(=O)c2ccsc2-c2nc(-c3ccc(Cl)cc3)no2)cc1OC. The molecular weight excluding hydrogens is 474 g/mol. The predicted molar refractivity (Wildman–Crippen MR) is 123 cm³/mol. The number of halogens is 1. The van der Waals surface area contributed by atoms with E-state index in [0.29, 0.717) is 38.5 Å². The Morgan fingerprint density at radius 3 is 2.44 bits per heavy atom. The molecule has 2 aromatic carbocycles. The van der Waals surface area contributed by atoms with Crippen LogP contribution in [0.15, 0.2) is 63.3 Å². The summed E-state index contributed by atoms with van der Waals surface area (Å²) < 4.78 is 43.9. The second-order valence-corrected chi connectivity index (χ2v) is 9.85. The topological polar surface area (TPSA) is 94.8 Å². The van der Waals surface area contributed by atoms with Crippen LogP contribution >= 0.6 is 22.9 Å². The highest BCUT2D eigenvalue weighted by atomic mass is 35.5. The molecular formula is C21H18ClN3O5S2. The quantitative estimate of drug-likeness (QED) is 0.360. The number of methoxy groups -OCH3 is 2. The summed E-state index contributed by atoms with van der Waals surface area (Å²) >= 11 is 7.12. The van der Waals surface area contributed by atoms with E-state index in [1.807, 2.05) is 0 Å². The Balaban J connectivity index is 1.69. The van der Waals surface area contributed by atoms with Crippen molar-refractivity contribution in [3.8, 4) is 33.7 Å². The molecule has 0 aliphatic heterocycles. The van der Waals surface area contributed by atoms with Crippen molar-refractivity contribution in [1.82, 2.24) is 10.1 Å². The van der Waals surface area contributed by atoms with Crippen molar-refractivity contribution in [2.24, 2.45) is 0 Å². The third-order valence-corrected chi connectivity index (χ3v) is 7.83. The van der Waals surface area contributed by atoms with Crippen LogP contribution in [0.2, 0.25) is 5.02 Å². The normalized spacial score (nSPS) is 11.4. The van der Waals surface area contributed by atoms with E-state index in [-0.39, 0.29) is 10.8 Å². The van der Waals surface area contributed by atoms with Gasteiger partial charge in [-0.05, 0) is 47.8 Å². The standard InChI is InChI=1S/C21H18ClN3O5S2/c1-25(15-8-9-16(28-2)17(12-15)29-3)32(26,27)18-10-11-31-19(18)21-23-20(24-30-21)13-4-6-14(22)7-5-13/h4-12H,1-3H3. The zero-order valence-corrected chi connectivity index (χ0v) is 19.7. The lowest BCUT2D eigenvalue weighted by molar-refractivity contribution is 0.355. The van der Waals surface area contributed by atoms with Crippen LogP contribution in [0.3, 0.4) is 0 Å². The number of benzene rings is 2. The highest BCUT2D eigenvalue weighted by Gasteiger charge is 2.29. The minimum Gasteiger partial charge on any atom is -0.493 e. The van der Waals surface area contributed by atoms with Gasteiger partial charge in [0.1, 0.15) is 9.77 Å². The Hall–Kier alpha value is -3.08. The first-order valence-electron chi connectivity index (χ1n) is 9.23. The van der Waals surface area contributed by atoms with Gasteiger partial charge in [-0.1, -0.05) is 16.8 Å². The Morgan fingerprint density at radius 2 is 1.75 bits per heavy atom. The van der Waals surface area contributed by atoms with Gasteiger partial charge in [0.25, 0.3) is 15.9 Å². The lowest BCUT2D eigenvalue weighted by Gasteiger charge is -2.20. The predicted octanol–water partition coefficient (Wildman–Crippen LogP) is 4.96. The van der Waals surface area contributed by atoms with Gasteiger partial charge in [-0.3, -0.25) is 4.31 Å². The molecule has 0 saturated carbocycles. The van der Waals surface area contributed by atoms with Gasteiger partial charge in [-0.2, -0.15) is 4.98 Å². The molecule has 0 radical (unpaired) electrons. The summed E-state index contributed by atoms with van der Waals surface area (Å²) in [5, 5.41) is 6.23. The minimum atomic E-state index is -3.93. The van der Waals surface area contributed by atoms with Crippen molar-refractivity contribution >= 4 is 38.6 Å². The molecule has 0 spiro atoms. The average Bonchev–Trinajstić information content (AvgIpc) is 3.48. The van der Waals surface area contributed by atoms with Gasteiger partial charge in [-0.25, -0.2) is 8.42 Å². The third-order valence-electron chi connectivity index (χ3n) is 4.72. The van der Waals surface area contributed by atoms with E-state index in [1.165, 1.54) is 38.7 Å². The maximum Gasteiger partial charge on any atom is 0.269 e. The van der Waals surface area contributed by atoms with Crippen molar-refractivity contribution in [3.63, 3.8) is 0 Å². The van der Waals surface area contributed by atoms with Gasteiger partial charge >= 0.3 is 0 Å². The van der Waals surface area contributed by atoms with E-state index in [0.717, 1.165) is 4.31 Å². The molecule has 0 bridgehead atoms. The lowest BCUT2D eigenvalue weighted by atomic mass is 10.2. The number of aromatic nitrogens is 2. The summed E-state index contributed by atoms with van der Waals surface area (Å²) in [4.78, 5) is 4.79. The monoisotopic (exact) mass is 491 g/mol. The number of ether oxygens (including phenoxy) is 2. The molecule has 8 nitrogen and oxygen atoms in total. The van der Waals surface area contributed by atoms with Gasteiger partial charge in [0.05, 0.1) is 19.9 Å². The van der Waals surface area contributed by atoms with Gasteiger partial charge in [0.15, 0.2) is 11.5 Å². The Morgan fingerprint density at radius 1 is 1.03 bits per heavy atom. The second kappa shape index (κ2) is 8.81. The highest BCUT2D eigenvalue weighted by molar-refractivity contribution is 7.93. The molecule has 32 heavy (non-hydrogen) atoms. The van der Waals surface area contributed by atoms with Crippen LogP contribution in [0.1, 0.15) is 0 Å². The molecule has 0 fully saturated rings.